The molecule has 0 aliphatic rings. The number of nitrogens with two attached hydrogens (primary N) is 2. The zero-order chi connectivity index (χ0) is 12.8. The molecular formula is C11H12FN4O+. The molecule has 1 aromatic carbocycles. The number of benzene rings is 1. The minimum Gasteiger partial charge on any atom is -0.383 e. The number of carbonyl (C=O) groups excluding carboxylic acids is 1. The van der Waals surface area contributed by atoms with Gasteiger partial charge in [-0.05, 0) is 24.3 Å². The predicted octanol–water partition coefficient (Wildman–Crippen LogP) is -1.04. The molecule has 0 saturated heterocycles. The number of hydrogen-bond acceptors (Lipinski definition) is 2. The number of nitrogens with one attached hydrogen (secondary N) is 1. The van der Waals surface area contributed by atoms with Crippen molar-refractivity contribution >= 4 is 24.1 Å². The lowest BCUT2D eigenvalue weighted by molar-refractivity contribution is -0.361. The van der Waals surface area contributed by atoms with Crippen molar-refractivity contribution in [1.29, 1.82) is 0 Å². The molecule has 1 rings (SSSR count). The van der Waals surface area contributed by atoms with Gasteiger partial charge in [0.15, 0.2) is 6.20 Å². The molecule has 17 heavy (non-hydrogen) atoms. The van der Waals surface area contributed by atoms with Crippen molar-refractivity contribution in [3.05, 3.63) is 41.9 Å². The van der Waals surface area contributed by atoms with Crippen LogP contribution in [0.1, 0.15) is 0 Å². The van der Waals surface area contributed by atoms with E-state index in [2.05, 4.69) is 16.7 Å². The number of amidine groups is 1. The fraction of sp³-hybridized carbons (Fsp3) is 0. The molecule has 0 heterocycles. The first-order valence-corrected chi connectivity index (χ1v) is 4.67. The molecule has 6 heteroatoms. The lowest BCUT2D eigenvalue weighted by Gasteiger charge is -2.00. The van der Waals surface area contributed by atoms with Gasteiger partial charge in [0.2, 0.25) is 0 Å². The standard InChI is InChI=1S/C11H11FN4O/c1-15-6-9(11(14)17)10(13)16-8-4-2-7(12)3-5-8/h2-6H,1H2,(H2,13,16)(H2,14,17)/p+1/b9-6+. The molecule has 5 N–H and O–H groups in total. The Labute approximate surface area is 97.4 Å². The molecule has 0 saturated carbocycles. The van der Waals surface area contributed by atoms with E-state index in [9.17, 15) is 9.18 Å². The average Bonchev–Trinajstić information content (AvgIpc) is 2.28. The third-order valence-corrected chi connectivity index (χ3v) is 1.86. The lowest BCUT2D eigenvalue weighted by Crippen LogP contribution is -2.59. The molecule has 88 valence electrons. The van der Waals surface area contributed by atoms with E-state index < -0.39 is 5.91 Å². The van der Waals surface area contributed by atoms with Crippen LogP contribution in [0.15, 0.2) is 41.0 Å². The number of nitrogens with zero attached hydrogens (tertiary/aromatic N) is 1. The van der Waals surface area contributed by atoms with Crippen LogP contribution in [0, 0.1) is 5.82 Å². The van der Waals surface area contributed by atoms with E-state index >= 15 is 0 Å². The smallest absolute Gasteiger partial charge is 0.258 e. The predicted molar refractivity (Wildman–Crippen MR) is 63.0 cm³/mol. The van der Waals surface area contributed by atoms with Crippen molar-refractivity contribution in [2.75, 3.05) is 0 Å². The maximum absolute atomic E-state index is 12.6. The topological polar surface area (TPSA) is 95.4 Å². The van der Waals surface area contributed by atoms with Crippen LogP contribution in [-0.4, -0.2) is 18.5 Å². The summed E-state index contributed by atoms with van der Waals surface area (Å²) in [6.45, 7) is 3.31. The van der Waals surface area contributed by atoms with Crippen LogP contribution < -0.4 is 16.5 Å². The van der Waals surface area contributed by atoms with Crippen LogP contribution in [0.3, 0.4) is 0 Å². The van der Waals surface area contributed by atoms with E-state index in [4.69, 9.17) is 11.5 Å². The molecule has 0 atom stereocenters. The number of amides is 1. The molecule has 0 spiro atoms. The minimum absolute atomic E-state index is 0.00400. The molecule has 0 radical (unpaired) electrons. The normalized spacial score (nSPS) is 12.3. The molecule has 0 unspecified atom stereocenters. The van der Waals surface area contributed by atoms with Gasteiger partial charge in [-0.25, -0.2) is 14.4 Å². The number of carbonyl (C=O) groups is 1. The quantitative estimate of drug-likeness (QED) is 0.353. The van der Waals surface area contributed by atoms with Gasteiger partial charge in [0.25, 0.3) is 5.91 Å². The molecule has 1 aromatic rings. The van der Waals surface area contributed by atoms with Crippen molar-refractivity contribution in [1.82, 2.24) is 0 Å². The second-order valence-corrected chi connectivity index (χ2v) is 3.10. The van der Waals surface area contributed by atoms with Gasteiger partial charge < -0.3 is 11.5 Å². The third-order valence-electron chi connectivity index (χ3n) is 1.86. The molecule has 0 fully saturated rings. The van der Waals surface area contributed by atoms with Crippen LogP contribution in [0.5, 0.6) is 0 Å². The van der Waals surface area contributed by atoms with Crippen LogP contribution in [0.2, 0.25) is 0 Å². The van der Waals surface area contributed by atoms with Gasteiger partial charge in [0.05, 0.1) is 5.69 Å². The van der Waals surface area contributed by atoms with Gasteiger partial charge in [-0.2, -0.15) is 0 Å². The highest BCUT2D eigenvalue weighted by molar-refractivity contribution is 6.19. The van der Waals surface area contributed by atoms with Gasteiger partial charge in [0.1, 0.15) is 23.9 Å². The first-order chi connectivity index (χ1) is 8.04. The number of rotatable bonds is 4. The Morgan fingerprint density at radius 1 is 1.35 bits per heavy atom. The van der Waals surface area contributed by atoms with E-state index in [0.717, 1.165) is 0 Å². The molecule has 0 aromatic heterocycles. The summed E-state index contributed by atoms with van der Waals surface area (Å²) < 4.78 is 12.6. The van der Waals surface area contributed by atoms with Crippen LogP contribution in [0.25, 0.3) is 0 Å². The molecule has 0 aliphatic carbocycles. The van der Waals surface area contributed by atoms with Crippen molar-refractivity contribution < 1.29 is 14.2 Å². The summed E-state index contributed by atoms with van der Waals surface area (Å²) in [5.74, 6) is -1.18. The summed E-state index contributed by atoms with van der Waals surface area (Å²) >= 11 is 0. The highest BCUT2D eigenvalue weighted by Crippen LogP contribution is 2.12. The van der Waals surface area contributed by atoms with Crippen molar-refractivity contribution in [2.45, 2.75) is 0 Å². The van der Waals surface area contributed by atoms with Crippen LogP contribution in [-0.2, 0) is 4.79 Å². The Morgan fingerprint density at radius 3 is 2.41 bits per heavy atom. The second kappa shape index (κ2) is 5.55. The average molecular weight is 235 g/mol. The first-order valence-electron chi connectivity index (χ1n) is 4.67. The molecule has 5 nitrogen and oxygen atoms in total. The Morgan fingerprint density at radius 2 is 1.94 bits per heavy atom. The fourth-order valence-corrected chi connectivity index (χ4v) is 1.09. The third kappa shape index (κ3) is 3.53. The number of primary amides is 1. The zero-order valence-electron chi connectivity index (χ0n) is 8.98. The summed E-state index contributed by atoms with van der Waals surface area (Å²) in [5.41, 5.74) is 11.1. The maximum atomic E-state index is 12.6. The first kappa shape index (κ1) is 12.6. The number of halogens is 1. The summed E-state index contributed by atoms with van der Waals surface area (Å²) in [4.78, 5) is 17.4. The molecule has 0 aliphatic heterocycles. The highest BCUT2D eigenvalue weighted by atomic mass is 19.1. The van der Waals surface area contributed by atoms with Gasteiger partial charge in [-0.15, -0.1) is 0 Å². The Balaban J connectivity index is 3.06. The van der Waals surface area contributed by atoms with Crippen LogP contribution in [0.4, 0.5) is 10.1 Å². The van der Waals surface area contributed by atoms with Crippen molar-refractivity contribution in [2.24, 2.45) is 16.5 Å². The monoisotopic (exact) mass is 235 g/mol. The summed E-state index contributed by atoms with van der Waals surface area (Å²) in [6.07, 6.45) is 1.24. The summed E-state index contributed by atoms with van der Waals surface area (Å²) in [6, 6.07) is 5.33. The van der Waals surface area contributed by atoms with Gasteiger partial charge in [0, 0.05) is 0 Å². The Bertz CT molecular complexity index is 491. The summed E-state index contributed by atoms with van der Waals surface area (Å²) in [5, 5.41) is 0. The Hall–Kier alpha value is -2.50. The van der Waals surface area contributed by atoms with E-state index in [1.54, 1.807) is 0 Å². The molecule has 1 amide bonds. The van der Waals surface area contributed by atoms with Gasteiger partial charge in [-0.3, -0.25) is 4.79 Å². The van der Waals surface area contributed by atoms with Crippen molar-refractivity contribution in [3.63, 3.8) is 0 Å². The molecule has 0 bridgehead atoms. The zero-order valence-corrected chi connectivity index (χ0v) is 8.98. The van der Waals surface area contributed by atoms with E-state index in [1.807, 2.05) is 0 Å². The number of aliphatic imine (C=N–C) groups is 1. The van der Waals surface area contributed by atoms with E-state index in [-0.39, 0.29) is 17.2 Å². The fourth-order valence-electron chi connectivity index (χ4n) is 1.09. The highest BCUT2D eigenvalue weighted by Gasteiger charge is 2.12. The van der Waals surface area contributed by atoms with E-state index in [0.29, 0.717) is 5.69 Å². The minimum atomic E-state index is -0.732. The van der Waals surface area contributed by atoms with E-state index in [1.165, 1.54) is 30.5 Å². The van der Waals surface area contributed by atoms with Crippen molar-refractivity contribution in [3.8, 4) is 0 Å². The summed E-state index contributed by atoms with van der Waals surface area (Å²) in [7, 11) is 0. The van der Waals surface area contributed by atoms with Gasteiger partial charge >= 0.3 is 0 Å². The SMILES string of the molecule is C=[NH+]/C=C(/C(N)=O)C(N)=Nc1ccc(F)cc1. The molecular weight excluding hydrogens is 223 g/mol. The number of hydrogen-bond donors (Lipinski definition) is 3. The second-order valence-electron chi connectivity index (χ2n) is 3.10. The lowest BCUT2D eigenvalue weighted by atomic mass is 10.2. The van der Waals surface area contributed by atoms with Gasteiger partial charge in [-0.1, -0.05) is 0 Å². The Kier molecular flexibility index (Phi) is 4.10. The maximum Gasteiger partial charge on any atom is 0.258 e. The van der Waals surface area contributed by atoms with Crippen LogP contribution >= 0.6 is 0 Å². The largest absolute Gasteiger partial charge is 0.383 e.